The predicted molar refractivity (Wildman–Crippen MR) is 143 cm³/mol. The summed E-state index contributed by atoms with van der Waals surface area (Å²) in [5, 5.41) is 45.8. The summed E-state index contributed by atoms with van der Waals surface area (Å²) in [4.78, 5) is 21.8. The Morgan fingerprint density at radius 1 is 1.11 bits per heavy atom. The fraction of sp³-hybridized carbons (Fsp3) is 0.556. The smallest absolute Gasteiger partial charge is 0.379 e. The lowest BCUT2D eigenvalue weighted by Crippen LogP contribution is -2.40. The number of rotatable bonds is 3. The van der Waals surface area contributed by atoms with Gasteiger partial charge in [0.1, 0.15) is 5.10 Å². The van der Waals surface area contributed by atoms with Crippen molar-refractivity contribution in [2.45, 2.75) is 7.43 Å². The van der Waals surface area contributed by atoms with Crippen molar-refractivity contribution >= 4 is 63.7 Å². The van der Waals surface area contributed by atoms with E-state index in [2.05, 4.69) is 26.2 Å². The van der Waals surface area contributed by atoms with Gasteiger partial charge in [0.2, 0.25) is 5.17 Å². The molecule has 26 heteroatoms. The van der Waals surface area contributed by atoms with Gasteiger partial charge in [-0.3, -0.25) is 19.7 Å². The Morgan fingerprint density at radius 2 is 1.37 bits per heavy atom. The van der Waals surface area contributed by atoms with Gasteiger partial charge in [0.15, 0.2) is 15.2 Å². The molecule has 0 saturated heterocycles. The van der Waals surface area contributed by atoms with Crippen LogP contribution in [0.25, 0.3) is 0 Å². The molecule has 0 aromatic rings. The highest BCUT2D eigenvalue weighted by atomic mass is 32.3. The monoisotopic (exact) mass is 605 g/mol. The average Bonchev–Trinajstić information content (AvgIpc) is 2.68. The van der Waals surface area contributed by atoms with Crippen LogP contribution in [0.2, 0.25) is 0 Å². The van der Waals surface area contributed by atoms with Crippen molar-refractivity contribution in [3.63, 3.8) is 0 Å². The minimum atomic E-state index is -4.67. The largest absolute Gasteiger partial charge is 0.394 e. The molecule has 0 amide bonds. The van der Waals surface area contributed by atoms with Crippen molar-refractivity contribution in [1.29, 1.82) is 5.41 Å². The third-order valence-corrected chi connectivity index (χ3v) is 2.04. The van der Waals surface area contributed by atoms with Gasteiger partial charge < -0.3 is 35.7 Å². The van der Waals surface area contributed by atoms with E-state index in [9.17, 15) is 20.2 Å². The molecule has 0 atom stereocenters. The predicted octanol–water partition coefficient (Wildman–Crippen LogP) is -2.17. The second kappa shape index (κ2) is 45.3. The zero-order valence-electron chi connectivity index (χ0n) is 18.6. The van der Waals surface area contributed by atoms with Gasteiger partial charge in [-0.1, -0.05) is 31.0 Å². The number of nitrogens with zero attached hydrogens (tertiary/aromatic N) is 4. The zero-order valence-corrected chi connectivity index (χ0v) is 22.0. The van der Waals surface area contributed by atoms with Gasteiger partial charge in [0.25, 0.3) is 5.96 Å². The van der Waals surface area contributed by atoms with Gasteiger partial charge in [-0.25, -0.2) is 25.5 Å². The molecule has 0 rings (SSSR count). The molecule has 0 fully saturated rings. The van der Waals surface area contributed by atoms with Crippen LogP contribution in [-0.2, 0) is 15.4 Å². The Morgan fingerprint density at radius 3 is 1.43 bits per heavy atom. The Balaban J connectivity index is -0.0000000286. The molecule has 0 aromatic heterocycles. The molecule has 22 nitrogen and oxygen atoms in total. The van der Waals surface area contributed by atoms with Crippen LogP contribution >= 0.6 is 37.0 Å². The molecule has 0 aliphatic rings. The summed E-state index contributed by atoms with van der Waals surface area (Å²) in [6.45, 7) is 0. The van der Waals surface area contributed by atoms with Crippen molar-refractivity contribution in [3.05, 3.63) is 27.7 Å². The van der Waals surface area contributed by atoms with Crippen molar-refractivity contribution < 1.29 is 50.2 Å². The fourth-order valence-corrected chi connectivity index (χ4v) is 0.408. The van der Waals surface area contributed by atoms with Crippen LogP contribution in [0.3, 0.4) is 0 Å². The first kappa shape index (κ1) is 58.5. The molecule has 0 aromatic carbocycles. The Bertz CT molecular complexity index is 605. The van der Waals surface area contributed by atoms with Crippen molar-refractivity contribution in [2.75, 3.05) is 26.6 Å². The summed E-state index contributed by atoms with van der Waals surface area (Å²) >= 11 is 2.28. The lowest BCUT2D eigenvalue weighted by Gasteiger charge is -1.87. The van der Waals surface area contributed by atoms with Crippen LogP contribution in [0.5, 0.6) is 0 Å². The molecule has 0 spiro atoms. The molecule has 0 unspecified atom stereocenters. The quantitative estimate of drug-likeness (QED) is 0.0310. The second-order valence-electron chi connectivity index (χ2n) is 3.05. The maximum absolute atomic E-state index is 9.49. The third-order valence-electron chi connectivity index (χ3n) is 1.10. The van der Waals surface area contributed by atoms with E-state index < -0.39 is 20.5 Å². The van der Waals surface area contributed by atoms with Crippen LogP contribution in [0, 0.1) is 33.1 Å². The molecule has 0 bridgehead atoms. The third kappa shape index (κ3) is 173. The van der Waals surface area contributed by atoms with E-state index >= 15 is 0 Å². The first-order valence-electron chi connectivity index (χ1n) is 6.68. The van der Waals surface area contributed by atoms with Gasteiger partial charge in [-0.05, 0) is 18.2 Å². The highest BCUT2D eigenvalue weighted by Gasteiger charge is 1.93. The fourth-order valence-electron chi connectivity index (χ4n) is 0.259. The van der Waals surface area contributed by atoms with Crippen LogP contribution in [0.4, 0.5) is 0 Å². The normalized spacial score (nSPS) is 8.83. The van der Waals surface area contributed by atoms with Gasteiger partial charge in [-0.2, -0.15) is 21.9 Å². The minimum absolute atomic E-state index is 0. The summed E-state index contributed by atoms with van der Waals surface area (Å²) in [7, 11) is -1.47. The SMILES string of the molecule is C.CN/C(N)=N/[N+](=O)[O-].CS/C(N)=N/[N+](=O)[O-].CSC(=N)N.C[NH3+].O=S(=O)(O)O.ONOO.S.[CH3-].[HH]. The van der Waals surface area contributed by atoms with E-state index in [1.54, 1.807) is 19.6 Å². The molecule has 35 heavy (non-hydrogen) atoms. The number of hydrazone groups is 2. The molecule has 0 aliphatic heterocycles. The first-order valence-corrected chi connectivity index (χ1v) is 10.5. The van der Waals surface area contributed by atoms with Gasteiger partial charge in [0, 0.05) is 8.47 Å². The molecule has 0 radical (unpaired) electrons. The molecule has 220 valence electrons. The van der Waals surface area contributed by atoms with E-state index in [1.165, 1.54) is 18.8 Å². The summed E-state index contributed by atoms with van der Waals surface area (Å²) < 4.78 is 31.6. The molecule has 16 N–H and O–H groups in total. The topological polar surface area (TPSA) is 389 Å². The highest BCUT2D eigenvalue weighted by Crippen LogP contribution is 1.89. The number of hydrogen-bond donors (Lipinski definition) is 11. The van der Waals surface area contributed by atoms with Gasteiger partial charge in [0.05, 0.1) is 12.1 Å². The number of thioether (sulfide) groups is 2. The minimum Gasteiger partial charge on any atom is -0.379 e. The second-order valence-corrected chi connectivity index (χ2v) is 5.62. The highest BCUT2D eigenvalue weighted by molar-refractivity contribution is 8.13. The number of nitrogens with two attached hydrogens (primary N) is 3. The van der Waals surface area contributed by atoms with E-state index in [4.69, 9.17) is 50.6 Å². The summed E-state index contributed by atoms with van der Waals surface area (Å²) in [6, 6.07) is 0. The Labute approximate surface area is 219 Å². The Kier molecular flexibility index (Phi) is 75.7. The van der Waals surface area contributed by atoms with Crippen LogP contribution in [0.1, 0.15) is 8.85 Å². The van der Waals surface area contributed by atoms with Crippen molar-refractivity contribution in [2.24, 2.45) is 27.4 Å². The standard InChI is InChI=1S/C2H6N4O2.C2H5N3O2S.C2H6N2S.CH5N.CH4.CH3.H3NO3.H2O4S.H2S.H2/c1-4-2(3)5-6(7)8;1-8-2(3)4-5(6)7;1-5-2(3)4;1-2;;;2-1-4-3;1-5(2,3)4;;/h1H3,(H3,3,4,5);1H3,(H2,3,4);1H3,(H3,3,4);2H2,1H3;1H4;1H3;1-3H;(H2,1,2,3,4);1H2;1H/q;;;;;-1;;;;/p+1. The molecule has 0 saturated carbocycles. The number of hydrogen-bond acceptors (Lipinski definition) is 13. The van der Waals surface area contributed by atoms with Crippen molar-refractivity contribution in [1.82, 2.24) is 11.0 Å². The maximum Gasteiger partial charge on any atom is 0.394 e. The summed E-state index contributed by atoms with van der Waals surface area (Å²) in [5.74, 6) is -0.199. The van der Waals surface area contributed by atoms with Crippen LogP contribution < -0.4 is 33.9 Å². The molecular weight excluding hydrogens is 566 g/mol. The zero-order chi connectivity index (χ0) is 27.3. The first-order chi connectivity index (χ1) is 14.5. The molecule has 0 heterocycles. The van der Waals surface area contributed by atoms with Crippen LogP contribution in [-0.4, -0.2) is 81.0 Å². The van der Waals surface area contributed by atoms with Crippen molar-refractivity contribution in [3.8, 4) is 0 Å². The van der Waals surface area contributed by atoms with Gasteiger partial charge >= 0.3 is 10.4 Å². The number of amidine groups is 2. The Hall–Kier alpha value is -2.27. The van der Waals surface area contributed by atoms with Crippen LogP contribution in [0.15, 0.2) is 10.2 Å². The lowest BCUT2D eigenvalue weighted by atomic mass is 11.0. The molecule has 0 aliphatic carbocycles. The summed E-state index contributed by atoms with van der Waals surface area (Å²) in [5.41, 5.74) is 18.9. The van der Waals surface area contributed by atoms with E-state index in [0.717, 1.165) is 17.4 Å². The molecular formula is C9H39N11O11S4. The number of nitro groups is 2. The number of guanidine groups is 1. The van der Waals surface area contributed by atoms with E-state index in [0.29, 0.717) is 0 Å². The average molecular weight is 606 g/mol. The maximum atomic E-state index is 9.49. The number of quaternary nitrogens is 1. The summed E-state index contributed by atoms with van der Waals surface area (Å²) in [6.07, 6.45) is 3.38. The van der Waals surface area contributed by atoms with Gasteiger partial charge in [-0.15, -0.1) is 4.99 Å². The van der Waals surface area contributed by atoms with E-state index in [1.807, 2.05) is 0 Å². The number of nitrogens with one attached hydrogen (secondary N) is 3. The van der Waals surface area contributed by atoms with E-state index in [-0.39, 0.29) is 46.1 Å². The lowest BCUT2D eigenvalue weighted by molar-refractivity contribution is -0.485.